The van der Waals surface area contributed by atoms with Crippen LogP contribution in [0.2, 0.25) is 0 Å². The molecule has 3 rings (SSSR count). The summed E-state index contributed by atoms with van der Waals surface area (Å²) in [5.74, 6) is 0.275. The van der Waals surface area contributed by atoms with E-state index in [9.17, 15) is 9.59 Å². The van der Waals surface area contributed by atoms with Gasteiger partial charge in [0.1, 0.15) is 0 Å². The normalized spacial score (nSPS) is 20.7. The van der Waals surface area contributed by atoms with Crippen LogP contribution in [0, 0.1) is 12.8 Å². The first-order valence-corrected chi connectivity index (χ1v) is 8.06. The summed E-state index contributed by atoms with van der Waals surface area (Å²) in [7, 11) is 0. The third-order valence-electron chi connectivity index (χ3n) is 4.32. The Morgan fingerprint density at radius 1 is 1.23 bits per heavy atom. The summed E-state index contributed by atoms with van der Waals surface area (Å²) in [6, 6.07) is 5.93. The van der Waals surface area contributed by atoms with Crippen LogP contribution in [0.15, 0.2) is 18.2 Å². The smallest absolute Gasteiger partial charge is 0.227 e. The molecule has 2 aliphatic rings. The van der Waals surface area contributed by atoms with Gasteiger partial charge in [-0.1, -0.05) is 6.07 Å². The number of rotatable bonds is 5. The number of anilines is 2. The summed E-state index contributed by atoms with van der Waals surface area (Å²) in [4.78, 5) is 24.0. The standard InChI is InChI=1S/C17H23N3O2/c1-11-4-7-14(19-17(22)12-5-6-12)9-15(11)20-16(21)10-13-3-2-8-18-13/h4,7,9,12-13,18H,2-3,5-6,8,10H2,1H3,(H,19,22)(H,20,21). The van der Waals surface area contributed by atoms with Crippen molar-refractivity contribution in [3.05, 3.63) is 23.8 Å². The Kier molecular flexibility index (Phi) is 4.43. The van der Waals surface area contributed by atoms with Crippen molar-refractivity contribution < 1.29 is 9.59 Å². The van der Waals surface area contributed by atoms with E-state index < -0.39 is 0 Å². The number of amides is 2. The van der Waals surface area contributed by atoms with Crippen LogP contribution in [0.4, 0.5) is 11.4 Å². The number of nitrogens with one attached hydrogen (secondary N) is 3. The minimum atomic E-state index is 0.0215. The van der Waals surface area contributed by atoms with Crippen molar-refractivity contribution in [3.63, 3.8) is 0 Å². The second-order valence-electron chi connectivity index (χ2n) is 6.34. The molecule has 1 atom stereocenters. The quantitative estimate of drug-likeness (QED) is 0.782. The monoisotopic (exact) mass is 301 g/mol. The van der Waals surface area contributed by atoms with Crippen molar-refractivity contribution in [1.29, 1.82) is 0 Å². The number of carbonyl (C=O) groups excluding carboxylic acids is 2. The lowest BCUT2D eigenvalue weighted by Crippen LogP contribution is -2.27. The fourth-order valence-corrected chi connectivity index (χ4v) is 2.78. The molecule has 2 amide bonds. The van der Waals surface area contributed by atoms with Crippen LogP contribution in [0.1, 0.15) is 37.7 Å². The molecule has 0 radical (unpaired) electrons. The lowest BCUT2D eigenvalue weighted by molar-refractivity contribution is -0.117. The fraction of sp³-hybridized carbons (Fsp3) is 0.529. The third-order valence-corrected chi connectivity index (χ3v) is 4.32. The largest absolute Gasteiger partial charge is 0.326 e. The zero-order valence-corrected chi connectivity index (χ0v) is 12.9. The maximum atomic E-state index is 12.1. The maximum Gasteiger partial charge on any atom is 0.227 e. The topological polar surface area (TPSA) is 70.2 Å². The fourth-order valence-electron chi connectivity index (χ4n) is 2.78. The van der Waals surface area contributed by atoms with Crippen molar-refractivity contribution in [1.82, 2.24) is 5.32 Å². The predicted octanol–water partition coefficient (Wildman–Crippen LogP) is 2.42. The van der Waals surface area contributed by atoms with Gasteiger partial charge in [-0.3, -0.25) is 9.59 Å². The molecule has 118 valence electrons. The van der Waals surface area contributed by atoms with Crippen molar-refractivity contribution in [3.8, 4) is 0 Å². The second kappa shape index (κ2) is 6.48. The van der Waals surface area contributed by atoms with Crippen LogP contribution in [0.25, 0.3) is 0 Å². The van der Waals surface area contributed by atoms with E-state index >= 15 is 0 Å². The zero-order valence-electron chi connectivity index (χ0n) is 12.9. The Labute approximate surface area is 130 Å². The molecule has 1 aliphatic heterocycles. The molecule has 1 aromatic rings. The van der Waals surface area contributed by atoms with Crippen LogP contribution in [0.3, 0.4) is 0 Å². The minimum Gasteiger partial charge on any atom is -0.326 e. The Bertz CT molecular complexity index is 575. The molecule has 1 aromatic carbocycles. The first-order valence-electron chi connectivity index (χ1n) is 8.06. The van der Waals surface area contributed by atoms with Gasteiger partial charge in [-0.2, -0.15) is 0 Å². The van der Waals surface area contributed by atoms with E-state index in [1.165, 1.54) is 0 Å². The molecule has 1 unspecified atom stereocenters. The van der Waals surface area contributed by atoms with Gasteiger partial charge < -0.3 is 16.0 Å². The number of hydrogen-bond donors (Lipinski definition) is 3. The highest BCUT2D eigenvalue weighted by molar-refractivity contribution is 5.96. The molecular weight excluding hydrogens is 278 g/mol. The van der Waals surface area contributed by atoms with Gasteiger partial charge in [-0.15, -0.1) is 0 Å². The Morgan fingerprint density at radius 3 is 2.73 bits per heavy atom. The summed E-state index contributed by atoms with van der Waals surface area (Å²) < 4.78 is 0. The Morgan fingerprint density at radius 2 is 2.05 bits per heavy atom. The lowest BCUT2D eigenvalue weighted by Gasteiger charge is -2.13. The van der Waals surface area contributed by atoms with E-state index in [0.29, 0.717) is 6.42 Å². The van der Waals surface area contributed by atoms with Crippen LogP contribution < -0.4 is 16.0 Å². The first kappa shape index (κ1) is 15.0. The molecule has 1 aliphatic carbocycles. The van der Waals surface area contributed by atoms with Gasteiger partial charge in [-0.25, -0.2) is 0 Å². The third kappa shape index (κ3) is 3.85. The van der Waals surface area contributed by atoms with E-state index in [1.807, 2.05) is 25.1 Å². The summed E-state index contributed by atoms with van der Waals surface area (Å²) in [5.41, 5.74) is 2.52. The van der Waals surface area contributed by atoms with Crippen molar-refractivity contribution in [2.24, 2.45) is 5.92 Å². The maximum absolute atomic E-state index is 12.1. The summed E-state index contributed by atoms with van der Waals surface area (Å²) in [6.07, 6.45) is 4.66. The molecule has 0 bridgehead atoms. The average molecular weight is 301 g/mol. The van der Waals surface area contributed by atoms with Crippen LogP contribution in [-0.2, 0) is 9.59 Å². The Hall–Kier alpha value is -1.88. The van der Waals surface area contributed by atoms with Crippen molar-refractivity contribution >= 4 is 23.2 Å². The molecule has 5 nitrogen and oxygen atoms in total. The van der Waals surface area contributed by atoms with E-state index in [1.54, 1.807) is 0 Å². The van der Waals surface area contributed by atoms with Gasteiger partial charge in [0.15, 0.2) is 0 Å². The molecule has 3 N–H and O–H groups in total. The molecule has 5 heteroatoms. The van der Waals surface area contributed by atoms with Gasteiger partial charge >= 0.3 is 0 Å². The van der Waals surface area contributed by atoms with Gasteiger partial charge in [0, 0.05) is 29.8 Å². The molecule has 22 heavy (non-hydrogen) atoms. The summed E-state index contributed by atoms with van der Waals surface area (Å²) >= 11 is 0. The molecule has 1 saturated heterocycles. The van der Waals surface area contributed by atoms with E-state index in [-0.39, 0.29) is 23.8 Å². The van der Waals surface area contributed by atoms with Crippen LogP contribution >= 0.6 is 0 Å². The average Bonchev–Trinajstić information content (AvgIpc) is 3.22. The van der Waals surface area contributed by atoms with Gasteiger partial charge in [0.25, 0.3) is 0 Å². The number of carbonyl (C=O) groups is 2. The molecule has 0 aromatic heterocycles. The Balaban J connectivity index is 1.61. The molecule has 0 spiro atoms. The molecule has 1 heterocycles. The molecular formula is C17H23N3O2. The van der Waals surface area contributed by atoms with Crippen molar-refractivity contribution in [2.45, 2.75) is 45.1 Å². The highest BCUT2D eigenvalue weighted by Crippen LogP contribution is 2.30. The van der Waals surface area contributed by atoms with E-state index in [4.69, 9.17) is 0 Å². The van der Waals surface area contributed by atoms with E-state index in [2.05, 4.69) is 16.0 Å². The minimum absolute atomic E-state index is 0.0215. The second-order valence-corrected chi connectivity index (χ2v) is 6.34. The predicted molar refractivity (Wildman–Crippen MR) is 86.8 cm³/mol. The van der Waals surface area contributed by atoms with Crippen molar-refractivity contribution in [2.75, 3.05) is 17.2 Å². The summed E-state index contributed by atoms with van der Waals surface area (Å²) in [5, 5.41) is 9.21. The number of hydrogen-bond acceptors (Lipinski definition) is 3. The lowest BCUT2D eigenvalue weighted by atomic mass is 10.1. The summed E-state index contributed by atoms with van der Waals surface area (Å²) in [6.45, 7) is 2.95. The van der Waals surface area contributed by atoms with Gasteiger partial charge in [-0.05, 0) is 56.8 Å². The van der Waals surface area contributed by atoms with Crippen LogP contribution in [0.5, 0.6) is 0 Å². The molecule has 1 saturated carbocycles. The van der Waals surface area contributed by atoms with E-state index in [0.717, 1.165) is 49.2 Å². The number of benzene rings is 1. The highest BCUT2D eigenvalue weighted by Gasteiger charge is 2.29. The first-order chi connectivity index (χ1) is 10.6. The van der Waals surface area contributed by atoms with Gasteiger partial charge in [0.2, 0.25) is 11.8 Å². The van der Waals surface area contributed by atoms with Gasteiger partial charge in [0.05, 0.1) is 0 Å². The molecule has 2 fully saturated rings. The number of aryl methyl sites for hydroxylation is 1. The zero-order chi connectivity index (χ0) is 15.5. The SMILES string of the molecule is Cc1ccc(NC(=O)C2CC2)cc1NC(=O)CC1CCCN1. The highest BCUT2D eigenvalue weighted by atomic mass is 16.2. The van der Waals surface area contributed by atoms with Crippen LogP contribution in [-0.4, -0.2) is 24.4 Å².